The smallest absolute Gasteiger partial charge is 0.227 e. The van der Waals surface area contributed by atoms with E-state index in [1.807, 2.05) is 11.4 Å². The van der Waals surface area contributed by atoms with Crippen LogP contribution in [0.3, 0.4) is 0 Å². The fraction of sp³-hybridized carbons (Fsp3) is 0.533. The van der Waals surface area contributed by atoms with Gasteiger partial charge in [-0.3, -0.25) is 4.79 Å². The van der Waals surface area contributed by atoms with Gasteiger partial charge in [0.15, 0.2) is 0 Å². The van der Waals surface area contributed by atoms with Gasteiger partial charge in [-0.2, -0.15) is 4.98 Å². The summed E-state index contributed by atoms with van der Waals surface area (Å²) in [5.74, 6) is 1.57. The van der Waals surface area contributed by atoms with Gasteiger partial charge in [-0.15, -0.1) is 23.7 Å². The molecule has 0 aliphatic carbocycles. The van der Waals surface area contributed by atoms with Crippen LogP contribution < -0.4 is 10.6 Å². The number of carbonyl (C=O) groups is 1. The molecule has 3 heterocycles. The molecule has 2 N–H and O–H groups in total. The number of hydrogen-bond donors (Lipinski definition) is 2. The molecule has 1 aliphatic rings. The Morgan fingerprint density at radius 1 is 1.58 bits per heavy atom. The molecule has 0 radical (unpaired) electrons. The minimum Gasteiger partial charge on any atom is -0.353 e. The normalized spacial score (nSPS) is 20.4. The van der Waals surface area contributed by atoms with Crippen LogP contribution in [0.15, 0.2) is 20.4 Å². The monoisotopic (exact) mass is 434 g/mol. The molecule has 6 nitrogen and oxygen atoms in total. The lowest BCUT2D eigenvalue weighted by Crippen LogP contribution is -2.48. The van der Waals surface area contributed by atoms with Gasteiger partial charge in [-0.05, 0) is 47.4 Å². The molecule has 0 aromatic carbocycles. The maximum Gasteiger partial charge on any atom is 0.227 e. The van der Waals surface area contributed by atoms with E-state index in [9.17, 15) is 4.79 Å². The van der Waals surface area contributed by atoms with Crippen LogP contribution in [-0.2, 0) is 11.2 Å². The minimum atomic E-state index is 0. The number of nitrogens with one attached hydrogen (secondary N) is 2. The van der Waals surface area contributed by atoms with Crippen molar-refractivity contribution in [3.05, 3.63) is 21.8 Å². The second kappa shape index (κ2) is 8.94. The summed E-state index contributed by atoms with van der Waals surface area (Å²) < 4.78 is 6.23. The lowest BCUT2D eigenvalue weighted by atomic mass is 9.95. The molecule has 9 heteroatoms. The average Bonchev–Trinajstić information content (AvgIpc) is 3.16. The van der Waals surface area contributed by atoms with Crippen LogP contribution in [0.4, 0.5) is 0 Å². The van der Waals surface area contributed by atoms with Gasteiger partial charge in [0, 0.05) is 28.7 Å². The van der Waals surface area contributed by atoms with Crippen LogP contribution in [0, 0.1) is 5.92 Å². The summed E-state index contributed by atoms with van der Waals surface area (Å²) in [7, 11) is 0. The van der Waals surface area contributed by atoms with Crippen molar-refractivity contribution in [1.29, 1.82) is 0 Å². The fourth-order valence-corrected chi connectivity index (χ4v) is 3.97. The lowest BCUT2D eigenvalue weighted by molar-refractivity contribution is -0.122. The van der Waals surface area contributed by atoms with Crippen LogP contribution >= 0.6 is 39.7 Å². The van der Waals surface area contributed by atoms with Crippen molar-refractivity contribution in [2.24, 2.45) is 5.92 Å². The molecule has 0 spiro atoms. The number of rotatable bonds is 5. The molecule has 1 saturated heterocycles. The van der Waals surface area contributed by atoms with E-state index in [2.05, 4.69) is 43.6 Å². The summed E-state index contributed by atoms with van der Waals surface area (Å²) in [5.41, 5.74) is 0. The number of aryl methyl sites for hydroxylation is 1. The molecule has 0 saturated carbocycles. The zero-order valence-corrected chi connectivity index (χ0v) is 16.5. The largest absolute Gasteiger partial charge is 0.353 e. The van der Waals surface area contributed by atoms with Gasteiger partial charge in [-0.25, -0.2) is 0 Å². The second-order valence-corrected chi connectivity index (χ2v) is 7.61. The molecule has 3 rings (SSSR count). The van der Waals surface area contributed by atoms with Gasteiger partial charge in [0.2, 0.25) is 17.6 Å². The number of hydrogen-bond acceptors (Lipinski definition) is 6. The number of nitrogens with zero attached hydrogens (tertiary/aromatic N) is 2. The number of halogens is 2. The number of piperidine rings is 1. The fourth-order valence-electron chi connectivity index (χ4n) is 2.61. The molecule has 2 aromatic rings. The molecule has 1 amide bonds. The quantitative estimate of drug-likeness (QED) is 0.754. The first-order valence-corrected chi connectivity index (χ1v) is 9.36. The molecule has 24 heavy (non-hydrogen) atoms. The van der Waals surface area contributed by atoms with E-state index in [4.69, 9.17) is 4.52 Å². The molecule has 0 bridgehead atoms. The number of thiophene rings is 1. The zero-order chi connectivity index (χ0) is 16.2. The average molecular weight is 436 g/mol. The molecule has 2 aromatic heterocycles. The van der Waals surface area contributed by atoms with Crippen LogP contribution in [0.2, 0.25) is 0 Å². The Morgan fingerprint density at radius 3 is 3.12 bits per heavy atom. The highest BCUT2D eigenvalue weighted by atomic mass is 79.9. The van der Waals surface area contributed by atoms with Crippen molar-refractivity contribution < 1.29 is 9.32 Å². The molecule has 132 valence electrons. The summed E-state index contributed by atoms with van der Waals surface area (Å²) in [6.07, 6.45) is 1.81. The highest BCUT2D eigenvalue weighted by molar-refractivity contribution is 9.10. The van der Waals surface area contributed by atoms with E-state index in [1.165, 1.54) is 0 Å². The molecule has 1 fully saturated rings. The maximum atomic E-state index is 12.1. The van der Waals surface area contributed by atoms with E-state index in [0.717, 1.165) is 28.9 Å². The summed E-state index contributed by atoms with van der Waals surface area (Å²) in [4.78, 5) is 17.4. The van der Waals surface area contributed by atoms with E-state index in [1.54, 1.807) is 11.3 Å². The van der Waals surface area contributed by atoms with E-state index in [0.29, 0.717) is 30.5 Å². The Morgan fingerprint density at radius 2 is 2.42 bits per heavy atom. The van der Waals surface area contributed by atoms with Crippen molar-refractivity contribution in [2.75, 3.05) is 13.1 Å². The van der Waals surface area contributed by atoms with Crippen molar-refractivity contribution in [3.63, 3.8) is 0 Å². The predicted molar refractivity (Wildman–Crippen MR) is 99.5 cm³/mol. The molecule has 2 atom stereocenters. The molecular formula is C15H20BrClN4O2S. The third kappa shape index (κ3) is 5.02. The first-order valence-electron chi connectivity index (χ1n) is 7.69. The standard InChI is InChI=1S/C15H19BrN4O2S.ClH/c1-9-7-17-5-4-11(9)18-13(21)2-3-14-19-15(20-22-14)12-6-10(16)8-23-12;/h6,8-9,11,17H,2-5,7H2,1H3,(H,18,21);1H. The van der Waals surface area contributed by atoms with E-state index in [-0.39, 0.29) is 24.4 Å². The number of carbonyl (C=O) groups excluding carboxylic acids is 1. The van der Waals surface area contributed by atoms with Crippen molar-refractivity contribution in [3.8, 4) is 10.7 Å². The third-order valence-electron chi connectivity index (χ3n) is 3.95. The maximum absolute atomic E-state index is 12.1. The van der Waals surface area contributed by atoms with Gasteiger partial charge in [0.25, 0.3) is 0 Å². The molecular weight excluding hydrogens is 416 g/mol. The topological polar surface area (TPSA) is 80.0 Å². The van der Waals surface area contributed by atoms with Crippen molar-refractivity contribution >= 4 is 45.6 Å². The highest BCUT2D eigenvalue weighted by Gasteiger charge is 2.22. The molecule has 1 aliphatic heterocycles. The minimum absolute atomic E-state index is 0. The van der Waals surface area contributed by atoms with Crippen LogP contribution in [0.1, 0.15) is 25.7 Å². The predicted octanol–water partition coefficient (Wildman–Crippen LogP) is 3.03. The second-order valence-electron chi connectivity index (χ2n) is 5.78. The van der Waals surface area contributed by atoms with Crippen molar-refractivity contribution in [1.82, 2.24) is 20.8 Å². The highest BCUT2D eigenvalue weighted by Crippen LogP contribution is 2.27. The third-order valence-corrected chi connectivity index (χ3v) is 5.64. The number of amides is 1. The lowest BCUT2D eigenvalue weighted by Gasteiger charge is -2.30. The Hall–Kier alpha value is -0.960. The Bertz CT molecular complexity index is 678. The Kier molecular flexibility index (Phi) is 7.21. The summed E-state index contributed by atoms with van der Waals surface area (Å²) in [6.45, 7) is 4.06. The van der Waals surface area contributed by atoms with Gasteiger partial charge >= 0.3 is 0 Å². The molecule has 2 unspecified atom stereocenters. The van der Waals surface area contributed by atoms with Crippen LogP contribution in [0.25, 0.3) is 10.7 Å². The summed E-state index contributed by atoms with van der Waals surface area (Å²) in [5, 5.41) is 12.4. The summed E-state index contributed by atoms with van der Waals surface area (Å²) >= 11 is 4.95. The van der Waals surface area contributed by atoms with Crippen LogP contribution in [-0.4, -0.2) is 35.2 Å². The zero-order valence-electron chi connectivity index (χ0n) is 13.3. The number of aromatic nitrogens is 2. The van der Waals surface area contributed by atoms with Gasteiger partial charge < -0.3 is 15.2 Å². The van der Waals surface area contributed by atoms with E-state index < -0.39 is 0 Å². The van der Waals surface area contributed by atoms with Gasteiger partial charge in [0.1, 0.15) is 0 Å². The first kappa shape index (κ1) is 19.4. The van der Waals surface area contributed by atoms with Crippen molar-refractivity contribution in [2.45, 2.75) is 32.2 Å². The summed E-state index contributed by atoms with van der Waals surface area (Å²) in [6, 6.07) is 2.20. The first-order chi connectivity index (χ1) is 11.1. The Labute approximate surface area is 159 Å². The SMILES string of the molecule is CC1CNCCC1NC(=O)CCc1nc(-c2cc(Br)cs2)no1.Cl. The Balaban J connectivity index is 0.00000208. The van der Waals surface area contributed by atoms with Gasteiger partial charge in [-0.1, -0.05) is 12.1 Å². The van der Waals surface area contributed by atoms with E-state index >= 15 is 0 Å². The van der Waals surface area contributed by atoms with Gasteiger partial charge in [0.05, 0.1) is 4.88 Å². The van der Waals surface area contributed by atoms with Crippen LogP contribution in [0.5, 0.6) is 0 Å².